The fourth-order valence-corrected chi connectivity index (χ4v) is 2.07. The average Bonchev–Trinajstić information content (AvgIpc) is 2.62. The van der Waals surface area contributed by atoms with Crippen molar-refractivity contribution in [1.29, 1.82) is 0 Å². The van der Waals surface area contributed by atoms with Crippen LogP contribution >= 0.6 is 0 Å². The molecule has 0 saturated heterocycles. The number of methoxy groups -OCH3 is 2. The molecule has 0 aliphatic carbocycles. The van der Waals surface area contributed by atoms with Crippen LogP contribution in [-0.2, 0) is 20.7 Å². The SMILES string of the molecule is COCCOC(=O)c1cccc(OC(=O)Cc2ccc(OC)cc2)c1. The zero-order valence-corrected chi connectivity index (χ0v) is 14.2. The number of carbonyl (C=O) groups is 2. The molecule has 132 valence electrons. The Morgan fingerprint density at radius 2 is 1.68 bits per heavy atom. The van der Waals surface area contributed by atoms with Crippen molar-refractivity contribution in [3.05, 3.63) is 59.7 Å². The second-order valence-corrected chi connectivity index (χ2v) is 5.16. The molecule has 6 heteroatoms. The summed E-state index contributed by atoms with van der Waals surface area (Å²) in [6, 6.07) is 13.4. The Morgan fingerprint density at radius 3 is 2.36 bits per heavy atom. The molecule has 0 unspecified atom stereocenters. The van der Waals surface area contributed by atoms with Gasteiger partial charge >= 0.3 is 11.9 Å². The number of carbonyl (C=O) groups excluding carboxylic acids is 2. The summed E-state index contributed by atoms with van der Waals surface area (Å²) in [6.07, 6.45) is 0.118. The fraction of sp³-hybridized carbons (Fsp3) is 0.263. The molecule has 0 N–H and O–H groups in total. The van der Waals surface area contributed by atoms with Gasteiger partial charge in [0.2, 0.25) is 0 Å². The number of benzene rings is 2. The predicted octanol–water partition coefficient (Wildman–Crippen LogP) is 2.65. The number of hydrogen-bond acceptors (Lipinski definition) is 6. The van der Waals surface area contributed by atoms with Crippen LogP contribution in [0.2, 0.25) is 0 Å². The Balaban J connectivity index is 1.93. The molecule has 2 aromatic rings. The third-order valence-electron chi connectivity index (χ3n) is 3.33. The minimum absolute atomic E-state index is 0.118. The summed E-state index contributed by atoms with van der Waals surface area (Å²) in [4.78, 5) is 23.9. The summed E-state index contributed by atoms with van der Waals surface area (Å²) in [5, 5.41) is 0. The summed E-state index contributed by atoms with van der Waals surface area (Å²) in [5.74, 6) is 0.0941. The van der Waals surface area contributed by atoms with Crippen LogP contribution in [0.1, 0.15) is 15.9 Å². The van der Waals surface area contributed by atoms with Crippen LogP contribution < -0.4 is 9.47 Å². The van der Waals surface area contributed by atoms with Gasteiger partial charge in [0.1, 0.15) is 18.1 Å². The molecule has 0 aliphatic heterocycles. The molecule has 0 saturated carbocycles. The summed E-state index contributed by atoms with van der Waals surface area (Å²) in [5.41, 5.74) is 1.12. The number of rotatable bonds is 8. The molecule has 0 fully saturated rings. The van der Waals surface area contributed by atoms with E-state index in [1.54, 1.807) is 49.6 Å². The highest BCUT2D eigenvalue weighted by atomic mass is 16.6. The van der Waals surface area contributed by atoms with E-state index in [4.69, 9.17) is 18.9 Å². The van der Waals surface area contributed by atoms with Crippen LogP contribution in [0.3, 0.4) is 0 Å². The third-order valence-corrected chi connectivity index (χ3v) is 3.33. The monoisotopic (exact) mass is 344 g/mol. The van der Waals surface area contributed by atoms with Crippen molar-refractivity contribution in [1.82, 2.24) is 0 Å². The van der Waals surface area contributed by atoms with E-state index in [0.29, 0.717) is 17.9 Å². The molecule has 0 spiro atoms. The summed E-state index contributed by atoms with van der Waals surface area (Å²) >= 11 is 0. The topological polar surface area (TPSA) is 71.1 Å². The van der Waals surface area contributed by atoms with Crippen LogP contribution in [0.4, 0.5) is 0 Å². The lowest BCUT2D eigenvalue weighted by molar-refractivity contribution is -0.133. The maximum absolute atomic E-state index is 12.0. The largest absolute Gasteiger partial charge is 0.497 e. The van der Waals surface area contributed by atoms with Crippen molar-refractivity contribution in [2.24, 2.45) is 0 Å². The van der Waals surface area contributed by atoms with E-state index in [1.807, 2.05) is 0 Å². The highest BCUT2D eigenvalue weighted by Gasteiger charge is 2.11. The maximum atomic E-state index is 12.0. The van der Waals surface area contributed by atoms with Gasteiger partial charge in [-0.05, 0) is 35.9 Å². The quantitative estimate of drug-likeness (QED) is 0.416. The van der Waals surface area contributed by atoms with Crippen molar-refractivity contribution in [2.75, 3.05) is 27.4 Å². The molecule has 0 amide bonds. The highest BCUT2D eigenvalue weighted by molar-refractivity contribution is 5.90. The van der Waals surface area contributed by atoms with Gasteiger partial charge in [0.15, 0.2) is 0 Å². The number of hydrogen-bond donors (Lipinski definition) is 0. The first-order valence-corrected chi connectivity index (χ1v) is 7.72. The van der Waals surface area contributed by atoms with Crippen molar-refractivity contribution in [3.8, 4) is 11.5 Å². The first kappa shape index (κ1) is 18.5. The molecule has 0 bridgehead atoms. The first-order valence-electron chi connectivity index (χ1n) is 7.72. The molecule has 2 rings (SSSR count). The van der Waals surface area contributed by atoms with Gasteiger partial charge in [-0.2, -0.15) is 0 Å². The van der Waals surface area contributed by atoms with Crippen molar-refractivity contribution >= 4 is 11.9 Å². The lowest BCUT2D eigenvalue weighted by Crippen LogP contribution is -2.13. The Hall–Kier alpha value is -2.86. The van der Waals surface area contributed by atoms with E-state index in [0.717, 1.165) is 11.3 Å². The van der Waals surface area contributed by atoms with Gasteiger partial charge in [-0.1, -0.05) is 18.2 Å². The van der Waals surface area contributed by atoms with Crippen molar-refractivity contribution < 1.29 is 28.5 Å². The molecule has 25 heavy (non-hydrogen) atoms. The molecular weight excluding hydrogens is 324 g/mol. The molecular formula is C19H20O6. The van der Waals surface area contributed by atoms with E-state index in [9.17, 15) is 9.59 Å². The van der Waals surface area contributed by atoms with E-state index < -0.39 is 11.9 Å². The van der Waals surface area contributed by atoms with E-state index in [1.165, 1.54) is 13.2 Å². The number of ether oxygens (including phenoxy) is 4. The van der Waals surface area contributed by atoms with Crippen molar-refractivity contribution in [3.63, 3.8) is 0 Å². The van der Waals surface area contributed by atoms with Gasteiger partial charge in [-0.15, -0.1) is 0 Å². The van der Waals surface area contributed by atoms with E-state index >= 15 is 0 Å². The standard InChI is InChI=1S/C19H20O6/c1-22-10-11-24-19(21)15-4-3-5-17(13-15)25-18(20)12-14-6-8-16(23-2)9-7-14/h3-9,13H,10-12H2,1-2H3. The summed E-state index contributed by atoms with van der Waals surface area (Å²) in [6.45, 7) is 0.485. The Bertz CT molecular complexity index is 708. The predicted molar refractivity (Wildman–Crippen MR) is 90.9 cm³/mol. The molecule has 0 heterocycles. The second-order valence-electron chi connectivity index (χ2n) is 5.16. The van der Waals surface area contributed by atoms with Crippen LogP contribution in [0, 0.1) is 0 Å². The Kier molecular flexibility index (Phi) is 6.98. The van der Waals surface area contributed by atoms with Crippen molar-refractivity contribution in [2.45, 2.75) is 6.42 Å². The van der Waals surface area contributed by atoms with Gasteiger partial charge in [-0.3, -0.25) is 4.79 Å². The normalized spacial score (nSPS) is 10.2. The summed E-state index contributed by atoms with van der Waals surface area (Å²) in [7, 11) is 3.10. The van der Waals surface area contributed by atoms with Gasteiger partial charge in [0.05, 0.1) is 25.7 Å². The van der Waals surface area contributed by atoms with Gasteiger partial charge < -0.3 is 18.9 Å². The Morgan fingerprint density at radius 1 is 0.920 bits per heavy atom. The van der Waals surface area contributed by atoms with E-state index in [-0.39, 0.29) is 13.0 Å². The lowest BCUT2D eigenvalue weighted by Gasteiger charge is -2.07. The average molecular weight is 344 g/mol. The minimum Gasteiger partial charge on any atom is -0.497 e. The number of esters is 2. The van der Waals surface area contributed by atoms with Crippen LogP contribution in [0.5, 0.6) is 11.5 Å². The smallest absolute Gasteiger partial charge is 0.338 e. The molecule has 2 aromatic carbocycles. The first-order chi connectivity index (χ1) is 12.1. The zero-order valence-electron chi connectivity index (χ0n) is 14.2. The molecule has 0 atom stereocenters. The molecule has 0 radical (unpaired) electrons. The fourth-order valence-electron chi connectivity index (χ4n) is 2.07. The second kappa shape index (κ2) is 9.44. The van der Waals surface area contributed by atoms with Gasteiger partial charge in [-0.25, -0.2) is 4.79 Å². The molecule has 0 aliphatic rings. The van der Waals surface area contributed by atoms with Crippen LogP contribution in [-0.4, -0.2) is 39.4 Å². The molecule has 6 nitrogen and oxygen atoms in total. The minimum atomic E-state index is -0.495. The van der Waals surface area contributed by atoms with Gasteiger partial charge in [0.25, 0.3) is 0 Å². The van der Waals surface area contributed by atoms with Crippen LogP contribution in [0.15, 0.2) is 48.5 Å². The van der Waals surface area contributed by atoms with Gasteiger partial charge in [0, 0.05) is 7.11 Å². The molecule has 0 aromatic heterocycles. The highest BCUT2D eigenvalue weighted by Crippen LogP contribution is 2.16. The van der Waals surface area contributed by atoms with Crippen LogP contribution in [0.25, 0.3) is 0 Å². The van der Waals surface area contributed by atoms with E-state index in [2.05, 4.69) is 0 Å². The third kappa shape index (κ3) is 5.93. The maximum Gasteiger partial charge on any atom is 0.338 e. The summed E-state index contributed by atoms with van der Waals surface area (Å²) < 4.78 is 20.2. The lowest BCUT2D eigenvalue weighted by atomic mass is 10.1. The Labute approximate surface area is 146 Å². The zero-order chi connectivity index (χ0) is 18.1.